The van der Waals surface area contributed by atoms with Gasteiger partial charge in [-0.05, 0) is 30.7 Å². The molecule has 0 spiro atoms. The fourth-order valence-electron chi connectivity index (χ4n) is 4.21. The summed E-state index contributed by atoms with van der Waals surface area (Å²) in [5.74, 6) is -0.424. The van der Waals surface area contributed by atoms with Crippen molar-refractivity contribution in [3.63, 3.8) is 0 Å². The van der Waals surface area contributed by atoms with Crippen molar-refractivity contribution in [2.24, 2.45) is 0 Å². The molecule has 0 saturated heterocycles. The first-order valence-corrected chi connectivity index (χ1v) is 12.4. The zero-order valence-electron chi connectivity index (χ0n) is 18.9. The Morgan fingerprint density at radius 3 is 1.64 bits per heavy atom. The monoisotopic (exact) mass is 453 g/mol. The van der Waals surface area contributed by atoms with Crippen LogP contribution in [0.15, 0.2) is 103 Å². The van der Waals surface area contributed by atoms with Gasteiger partial charge in [-0.1, -0.05) is 91.0 Å². The molecule has 4 rings (SSSR count). The van der Waals surface area contributed by atoms with Crippen LogP contribution in [0.3, 0.4) is 0 Å². The van der Waals surface area contributed by atoms with Crippen LogP contribution in [0.25, 0.3) is 0 Å². The second-order valence-electron chi connectivity index (χ2n) is 7.84. The maximum absolute atomic E-state index is 12.0. The molecule has 0 unspecified atom stereocenters. The van der Waals surface area contributed by atoms with Crippen molar-refractivity contribution >= 4 is 21.3 Å². The molecule has 0 bridgehead atoms. The van der Waals surface area contributed by atoms with E-state index in [1.54, 1.807) is 19.3 Å². The molecule has 0 aliphatic heterocycles. The lowest BCUT2D eigenvalue weighted by Crippen LogP contribution is -2.45. The quantitative estimate of drug-likeness (QED) is 0.228. The highest BCUT2D eigenvalue weighted by Crippen LogP contribution is 2.39. The van der Waals surface area contributed by atoms with E-state index in [9.17, 15) is 4.79 Å². The van der Waals surface area contributed by atoms with E-state index in [-0.39, 0.29) is 10.9 Å². The highest BCUT2D eigenvalue weighted by atomic mass is 28.2. The van der Waals surface area contributed by atoms with E-state index in [1.165, 1.54) is 16.7 Å². The number of esters is 1. The van der Waals surface area contributed by atoms with Crippen molar-refractivity contribution in [1.29, 1.82) is 0 Å². The number of ether oxygens (including phenoxy) is 1. The number of hydrogen-bond acceptors (Lipinski definition) is 5. The van der Waals surface area contributed by atoms with E-state index in [2.05, 4.69) is 113 Å². The van der Waals surface area contributed by atoms with Crippen LogP contribution < -0.4 is 4.57 Å². The first-order chi connectivity index (χ1) is 16.1. The van der Waals surface area contributed by atoms with E-state index >= 15 is 0 Å². The summed E-state index contributed by atoms with van der Waals surface area (Å²) >= 11 is 0. The summed E-state index contributed by atoms with van der Waals surface area (Å²) in [4.78, 5) is 20.5. The van der Waals surface area contributed by atoms with Crippen LogP contribution in [-0.2, 0) is 9.78 Å². The van der Waals surface area contributed by atoms with Gasteiger partial charge >= 0.3 is 5.97 Å². The highest BCUT2D eigenvalue weighted by Gasteiger charge is 2.38. The summed E-state index contributed by atoms with van der Waals surface area (Å²) in [5.41, 5.74) is 4.64. The molecule has 1 aromatic heterocycles. The molecule has 6 heteroatoms. The van der Waals surface area contributed by atoms with Crippen molar-refractivity contribution in [2.45, 2.75) is 12.0 Å². The summed E-state index contributed by atoms with van der Waals surface area (Å²) in [6.07, 6.45) is 3.41. The minimum Gasteiger partial charge on any atom is -0.460 e. The average molecular weight is 454 g/mol. The molecule has 0 amide bonds. The van der Waals surface area contributed by atoms with Crippen molar-refractivity contribution in [3.8, 4) is 0 Å². The summed E-state index contributed by atoms with van der Waals surface area (Å²) < 4.78 is 7.28. The Morgan fingerprint density at radius 1 is 0.818 bits per heavy atom. The van der Waals surface area contributed by atoms with Crippen molar-refractivity contribution in [1.82, 2.24) is 9.97 Å². The number of anilines is 1. The molecule has 0 radical (unpaired) electrons. The Bertz CT molecular complexity index is 1070. The number of hydrogen-bond donors (Lipinski definition) is 0. The van der Waals surface area contributed by atoms with Crippen LogP contribution in [0.5, 0.6) is 0 Å². The predicted octanol–water partition coefficient (Wildman–Crippen LogP) is 4.17. The fourth-order valence-corrected chi connectivity index (χ4v) is 6.52. The molecule has 5 nitrogen and oxygen atoms in total. The largest absolute Gasteiger partial charge is 0.460 e. The number of rotatable bonds is 8. The summed E-state index contributed by atoms with van der Waals surface area (Å²) in [7, 11) is 1.03. The number of carbonyl (C=O) groups is 1. The maximum atomic E-state index is 12.0. The molecule has 4 aromatic rings. The lowest BCUT2D eigenvalue weighted by molar-refractivity contribution is 0.0512. The average Bonchev–Trinajstić information content (AvgIpc) is 2.89. The molecule has 0 saturated carbocycles. The molecule has 1 heterocycles. The Labute approximate surface area is 197 Å². The number of benzene rings is 3. The lowest BCUT2D eigenvalue weighted by Gasteiger charge is -2.39. The molecule has 166 valence electrons. The lowest BCUT2D eigenvalue weighted by atomic mass is 9.84. The van der Waals surface area contributed by atoms with Gasteiger partial charge in [0.2, 0.25) is 5.82 Å². The van der Waals surface area contributed by atoms with E-state index in [0.29, 0.717) is 6.61 Å². The van der Waals surface area contributed by atoms with Gasteiger partial charge in [0.1, 0.15) is 9.68 Å². The minimum atomic E-state index is -1.05. The Morgan fingerprint density at radius 2 is 1.24 bits per heavy atom. The van der Waals surface area contributed by atoms with Crippen molar-refractivity contribution < 1.29 is 9.53 Å². The highest BCUT2D eigenvalue weighted by molar-refractivity contribution is 6.48. The molecule has 0 aliphatic carbocycles. The van der Waals surface area contributed by atoms with Gasteiger partial charge in [0, 0.05) is 0 Å². The molecular formula is C27H27N3O2Si. The second-order valence-corrected chi connectivity index (χ2v) is 10.2. The zero-order valence-corrected chi connectivity index (χ0v) is 20.3. The number of carbonyl (C=O) groups excluding carboxylic acids is 1. The molecule has 0 N–H and O–H groups in total. The molecule has 33 heavy (non-hydrogen) atoms. The SMILES string of the molecule is CCOC(=O)c1ncc(N(C)[SiH2]C(c2ccccc2)(c2ccccc2)c2ccccc2)cn1. The van der Waals surface area contributed by atoms with Crippen LogP contribution in [0.1, 0.15) is 34.2 Å². The van der Waals surface area contributed by atoms with E-state index < -0.39 is 15.7 Å². The molecular weight excluding hydrogens is 426 g/mol. The van der Waals surface area contributed by atoms with E-state index in [1.807, 2.05) is 0 Å². The van der Waals surface area contributed by atoms with Gasteiger partial charge in [0.05, 0.1) is 29.7 Å². The first kappa shape index (κ1) is 22.4. The zero-order chi connectivity index (χ0) is 23.1. The molecule has 0 atom stereocenters. The third-order valence-electron chi connectivity index (χ3n) is 5.81. The van der Waals surface area contributed by atoms with Gasteiger partial charge in [-0.25, -0.2) is 14.8 Å². The second kappa shape index (κ2) is 10.2. The topological polar surface area (TPSA) is 55.3 Å². The van der Waals surface area contributed by atoms with Gasteiger partial charge in [0.15, 0.2) is 0 Å². The predicted molar refractivity (Wildman–Crippen MR) is 134 cm³/mol. The Kier molecular flexibility index (Phi) is 6.95. The van der Waals surface area contributed by atoms with Crippen LogP contribution in [-0.4, -0.2) is 39.3 Å². The van der Waals surface area contributed by atoms with E-state index in [0.717, 1.165) is 5.69 Å². The Balaban J connectivity index is 1.79. The summed E-state index contributed by atoms with van der Waals surface area (Å²) in [5, 5.41) is -0.293. The number of aromatic nitrogens is 2. The Hall–Kier alpha value is -3.77. The fraction of sp³-hybridized carbons (Fsp3) is 0.148. The summed E-state index contributed by atoms with van der Waals surface area (Å²) in [6.45, 7) is 2.06. The molecule has 3 aromatic carbocycles. The van der Waals surface area contributed by atoms with Gasteiger partial charge < -0.3 is 9.30 Å². The van der Waals surface area contributed by atoms with Crippen molar-refractivity contribution in [3.05, 3.63) is 126 Å². The van der Waals surface area contributed by atoms with Crippen LogP contribution in [0.4, 0.5) is 5.69 Å². The minimum absolute atomic E-state index is 0.0797. The van der Waals surface area contributed by atoms with Gasteiger partial charge in [0.25, 0.3) is 0 Å². The van der Waals surface area contributed by atoms with Crippen LogP contribution in [0, 0.1) is 0 Å². The normalized spacial score (nSPS) is 11.5. The van der Waals surface area contributed by atoms with E-state index in [4.69, 9.17) is 4.74 Å². The van der Waals surface area contributed by atoms with Crippen LogP contribution >= 0.6 is 0 Å². The van der Waals surface area contributed by atoms with Gasteiger partial charge in [-0.15, -0.1) is 0 Å². The number of nitrogens with zero attached hydrogens (tertiary/aromatic N) is 3. The van der Waals surface area contributed by atoms with Crippen molar-refractivity contribution in [2.75, 3.05) is 18.2 Å². The summed E-state index contributed by atoms with van der Waals surface area (Å²) in [6, 6.07) is 32.0. The third-order valence-corrected chi connectivity index (χ3v) is 8.35. The standard InChI is InChI=1S/C27H27N3O2Si/c1-3-32-26(31)25-28-19-24(20-29-25)30(2)33-27(21-13-7-4-8-14-21,22-15-9-5-10-16-22)23-17-11-6-12-18-23/h4-20H,3,33H2,1-2H3. The first-order valence-electron chi connectivity index (χ1n) is 11.0. The van der Waals surface area contributed by atoms with Gasteiger partial charge in [-0.3, -0.25) is 0 Å². The molecule has 0 aliphatic rings. The molecule has 0 fully saturated rings. The van der Waals surface area contributed by atoms with Gasteiger partial charge in [-0.2, -0.15) is 0 Å². The maximum Gasteiger partial charge on any atom is 0.376 e. The third kappa shape index (κ3) is 4.71. The van der Waals surface area contributed by atoms with Crippen LogP contribution in [0.2, 0.25) is 0 Å². The smallest absolute Gasteiger partial charge is 0.376 e.